The lowest BCUT2D eigenvalue weighted by Gasteiger charge is -2.17. The standard InChI is InChI=1S/C25H39N2O4PS.H3N/c1-3-4-5-6-7-8-9-10-11-17-30-24-14-12-13-22(18-24)23-15-16-26-25(19-23)27-20-21(2)31-32(28,29)33;/h12-16,18-19,21H,3-11,17,20H2,1-2H3,(H,26,27)(H2,28,29,33);1H3. The van der Waals surface area contributed by atoms with Crippen LogP contribution in [0.2, 0.25) is 0 Å². The molecule has 7 nitrogen and oxygen atoms in total. The predicted molar refractivity (Wildman–Crippen MR) is 145 cm³/mol. The molecule has 1 atom stereocenters. The van der Waals surface area contributed by atoms with E-state index in [9.17, 15) is 9.79 Å². The SMILES string of the molecule is CCCCCCCCCCCOc1cccc(-c2ccnc(NCC(C)OP(O)(O)=S)c2)c1.N. The zero-order valence-electron chi connectivity index (χ0n) is 20.6. The number of nitrogens with one attached hydrogen (secondary N) is 1. The molecular weight excluding hydrogens is 469 g/mol. The third-order valence-corrected chi connectivity index (χ3v) is 6.22. The number of benzene rings is 1. The highest BCUT2D eigenvalue weighted by Crippen LogP contribution is 2.38. The van der Waals surface area contributed by atoms with E-state index in [1.165, 1.54) is 51.4 Å². The minimum Gasteiger partial charge on any atom is -0.494 e. The Morgan fingerprint density at radius 3 is 2.29 bits per heavy atom. The minimum absolute atomic E-state index is 0. The van der Waals surface area contributed by atoms with Gasteiger partial charge in [0, 0.05) is 12.7 Å². The predicted octanol–water partition coefficient (Wildman–Crippen LogP) is 6.85. The number of nitrogens with zero attached hydrogens (tertiary/aromatic N) is 1. The monoisotopic (exact) mass is 511 g/mol. The van der Waals surface area contributed by atoms with E-state index in [2.05, 4.69) is 29.0 Å². The lowest BCUT2D eigenvalue weighted by molar-refractivity contribution is 0.193. The van der Waals surface area contributed by atoms with Crippen molar-refractivity contribution in [2.45, 2.75) is 77.7 Å². The van der Waals surface area contributed by atoms with E-state index in [1.54, 1.807) is 13.1 Å². The molecule has 0 amide bonds. The number of aromatic nitrogens is 1. The van der Waals surface area contributed by atoms with Crippen LogP contribution in [0.15, 0.2) is 42.6 Å². The number of anilines is 1. The van der Waals surface area contributed by atoms with E-state index >= 15 is 0 Å². The molecule has 0 aliphatic rings. The van der Waals surface area contributed by atoms with E-state index in [0.717, 1.165) is 29.9 Å². The topological polar surface area (TPSA) is 119 Å². The summed E-state index contributed by atoms with van der Waals surface area (Å²) in [7, 11) is 0. The second kappa shape index (κ2) is 17.0. The Morgan fingerprint density at radius 2 is 1.62 bits per heavy atom. The van der Waals surface area contributed by atoms with E-state index in [4.69, 9.17) is 9.26 Å². The second-order valence-electron chi connectivity index (χ2n) is 8.42. The van der Waals surface area contributed by atoms with E-state index < -0.39 is 12.8 Å². The second-order valence-corrected chi connectivity index (χ2v) is 11.0. The van der Waals surface area contributed by atoms with Crippen molar-refractivity contribution < 1.29 is 19.0 Å². The summed E-state index contributed by atoms with van der Waals surface area (Å²) >= 11 is 4.51. The molecule has 2 aromatic rings. The van der Waals surface area contributed by atoms with Crippen LogP contribution < -0.4 is 16.2 Å². The van der Waals surface area contributed by atoms with Crippen LogP contribution in [-0.2, 0) is 16.3 Å². The van der Waals surface area contributed by atoms with Crippen molar-refractivity contribution in [3.63, 3.8) is 0 Å². The Morgan fingerprint density at radius 1 is 0.971 bits per heavy atom. The van der Waals surface area contributed by atoms with E-state index in [0.29, 0.717) is 12.4 Å². The van der Waals surface area contributed by atoms with Crippen LogP contribution in [0.4, 0.5) is 5.82 Å². The molecule has 0 saturated heterocycles. The maximum absolute atomic E-state index is 9.26. The molecule has 2 rings (SSSR count). The first kappa shape index (κ1) is 30.5. The van der Waals surface area contributed by atoms with Crippen LogP contribution in [-0.4, -0.2) is 34.0 Å². The fourth-order valence-corrected chi connectivity index (χ4v) is 4.58. The smallest absolute Gasteiger partial charge is 0.322 e. The van der Waals surface area contributed by atoms with Gasteiger partial charge in [-0.25, -0.2) is 4.98 Å². The lowest BCUT2D eigenvalue weighted by atomic mass is 10.1. The summed E-state index contributed by atoms with van der Waals surface area (Å²) < 4.78 is 11.0. The van der Waals surface area contributed by atoms with Gasteiger partial charge in [0.05, 0.1) is 12.7 Å². The number of unbranched alkanes of at least 4 members (excludes halogenated alkanes) is 8. The fraction of sp³-hybridized carbons (Fsp3) is 0.560. The van der Waals surface area contributed by atoms with E-state index in [-0.39, 0.29) is 6.15 Å². The summed E-state index contributed by atoms with van der Waals surface area (Å²) in [6.45, 7) is 1.40. The van der Waals surface area contributed by atoms with Gasteiger partial charge in [0.15, 0.2) is 0 Å². The summed E-state index contributed by atoms with van der Waals surface area (Å²) in [6.07, 6.45) is 13.0. The molecule has 0 saturated carbocycles. The van der Waals surface area contributed by atoms with Crippen LogP contribution in [0.25, 0.3) is 11.1 Å². The van der Waals surface area contributed by atoms with Gasteiger partial charge in [-0.2, -0.15) is 0 Å². The Labute approximate surface area is 210 Å². The van der Waals surface area contributed by atoms with Crippen molar-refractivity contribution in [1.82, 2.24) is 11.1 Å². The molecule has 6 N–H and O–H groups in total. The minimum atomic E-state index is -3.67. The Balaban J connectivity index is 0.00000578. The van der Waals surface area contributed by atoms with Gasteiger partial charge < -0.3 is 30.5 Å². The molecule has 1 unspecified atom stereocenters. The quantitative estimate of drug-likeness (QED) is 0.135. The van der Waals surface area contributed by atoms with Gasteiger partial charge >= 0.3 is 6.72 Å². The van der Waals surface area contributed by atoms with Gasteiger partial charge in [-0.1, -0.05) is 70.4 Å². The summed E-state index contributed by atoms with van der Waals surface area (Å²) in [5.74, 6) is 1.55. The molecule has 1 aromatic carbocycles. The maximum atomic E-state index is 9.26. The molecule has 1 heterocycles. The lowest BCUT2D eigenvalue weighted by Crippen LogP contribution is -2.19. The fourth-order valence-electron chi connectivity index (χ4n) is 3.59. The normalized spacial score (nSPS) is 12.1. The van der Waals surface area contributed by atoms with Gasteiger partial charge in [0.2, 0.25) is 0 Å². The third kappa shape index (κ3) is 13.4. The van der Waals surface area contributed by atoms with Crippen molar-refractivity contribution in [3.8, 4) is 16.9 Å². The van der Waals surface area contributed by atoms with Gasteiger partial charge in [-0.3, -0.25) is 0 Å². The maximum Gasteiger partial charge on any atom is 0.322 e. The molecule has 34 heavy (non-hydrogen) atoms. The summed E-state index contributed by atoms with van der Waals surface area (Å²) in [4.78, 5) is 22.8. The Hall–Kier alpha value is -1.54. The van der Waals surface area contributed by atoms with Gasteiger partial charge in [0.1, 0.15) is 11.6 Å². The number of hydrogen-bond donors (Lipinski definition) is 4. The first-order valence-corrected chi connectivity index (χ1v) is 14.7. The molecule has 9 heteroatoms. The van der Waals surface area contributed by atoms with Crippen molar-refractivity contribution in [3.05, 3.63) is 42.6 Å². The largest absolute Gasteiger partial charge is 0.494 e. The molecule has 0 bridgehead atoms. The average molecular weight is 512 g/mol. The first-order valence-electron chi connectivity index (χ1n) is 12.0. The van der Waals surface area contributed by atoms with E-state index in [1.807, 2.05) is 36.4 Å². The third-order valence-electron chi connectivity index (χ3n) is 5.33. The Bertz CT molecular complexity index is 866. The van der Waals surface area contributed by atoms with Crippen LogP contribution in [0.3, 0.4) is 0 Å². The molecule has 0 aliphatic carbocycles. The van der Waals surface area contributed by atoms with Gasteiger partial charge in [0.25, 0.3) is 0 Å². The number of ether oxygens (including phenoxy) is 1. The zero-order valence-corrected chi connectivity index (χ0v) is 22.3. The molecule has 192 valence electrons. The average Bonchev–Trinajstić information content (AvgIpc) is 2.78. The van der Waals surface area contributed by atoms with Crippen LogP contribution >= 0.6 is 6.72 Å². The summed E-state index contributed by atoms with van der Waals surface area (Å²) in [6, 6.07) is 12.0. The summed E-state index contributed by atoms with van der Waals surface area (Å²) in [5, 5.41) is 3.15. The molecule has 0 spiro atoms. The molecular formula is C25H42N3O4PS. The molecule has 0 fully saturated rings. The number of rotatable bonds is 17. The van der Waals surface area contributed by atoms with Crippen molar-refractivity contribution >= 4 is 24.3 Å². The van der Waals surface area contributed by atoms with Crippen molar-refractivity contribution in [2.24, 2.45) is 0 Å². The van der Waals surface area contributed by atoms with Gasteiger partial charge in [-0.15, -0.1) is 0 Å². The van der Waals surface area contributed by atoms with Crippen LogP contribution in [0, 0.1) is 0 Å². The van der Waals surface area contributed by atoms with Crippen LogP contribution in [0.5, 0.6) is 5.75 Å². The highest BCUT2D eigenvalue weighted by atomic mass is 32.5. The zero-order chi connectivity index (χ0) is 23.9. The van der Waals surface area contributed by atoms with Crippen molar-refractivity contribution in [1.29, 1.82) is 0 Å². The first-order chi connectivity index (χ1) is 15.9. The highest BCUT2D eigenvalue weighted by Gasteiger charge is 2.14. The molecule has 1 aromatic heterocycles. The number of hydrogen-bond acceptors (Lipinski definition) is 6. The Kier molecular flexibility index (Phi) is 15.2. The van der Waals surface area contributed by atoms with Gasteiger partial charge in [-0.05, 0) is 60.5 Å². The molecule has 0 radical (unpaired) electrons. The number of pyridine rings is 1. The van der Waals surface area contributed by atoms with Crippen LogP contribution in [0.1, 0.15) is 71.6 Å². The van der Waals surface area contributed by atoms with Crippen molar-refractivity contribution in [2.75, 3.05) is 18.5 Å². The highest BCUT2D eigenvalue weighted by molar-refractivity contribution is 8.06. The summed E-state index contributed by atoms with van der Waals surface area (Å²) in [5.41, 5.74) is 2.07. The molecule has 0 aliphatic heterocycles.